The molecule has 0 atom stereocenters. The van der Waals surface area contributed by atoms with Crippen LogP contribution in [-0.2, 0) is 0 Å². The van der Waals surface area contributed by atoms with E-state index in [4.69, 9.17) is 10.7 Å². The average Bonchev–Trinajstić information content (AvgIpc) is 3.64. The number of nitrogens with zero attached hydrogens (tertiary/aromatic N) is 1. The maximum Gasteiger partial charge on any atom is 0.267 e. The maximum atomic E-state index is 15.0. The topological polar surface area (TPSA) is 85.1 Å². The fourth-order valence-electron chi connectivity index (χ4n) is 4.51. The van der Waals surface area contributed by atoms with E-state index in [1.54, 1.807) is 36.4 Å². The van der Waals surface area contributed by atoms with Crippen molar-refractivity contribution in [2.45, 2.75) is 0 Å². The molecule has 0 saturated carbocycles. The fourth-order valence-corrected chi connectivity index (χ4v) is 6.15. The van der Waals surface area contributed by atoms with Gasteiger partial charge in [0.2, 0.25) is 0 Å². The first-order valence-electron chi connectivity index (χ1n) is 12.8. The first kappa shape index (κ1) is 27.2. The zero-order valence-electron chi connectivity index (χ0n) is 21.8. The van der Waals surface area contributed by atoms with Gasteiger partial charge in [-0.2, -0.15) is 0 Å². The van der Waals surface area contributed by atoms with Gasteiger partial charge in [-0.3, -0.25) is 9.59 Å². The number of nitrogen functional groups attached to an aromatic ring is 1. The number of ketones is 1. The van der Waals surface area contributed by atoms with Crippen molar-refractivity contribution in [3.05, 3.63) is 129 Å². The molecule has 3 heterocycles. The predicted octanol–water partition coefficient (Wildman–Crippen LogP) is 8.70. The molecular weight excluding hydrogens is 573 g/mol. The van der Waals surface area contributed by atoms with Gasteiger partial charge in [0.05, 0.1) is 11.4 Å². The third kappa shape index (κ3) is 5.47. The number of carbonyl (C=O) groups excluding carboxylic acids is 2. The molecule has 0 radical (unpaired) electrons. The molecule has 5 nitrogen and oxygen atoms in total. The summed E-state index contributed by atoms with van der Waals surface area (Å²) in [6, 6.07) is 24.7. The summed E-state index contributed by atoms with van der Waals surface area (Å²) in [4.78, 5) is 32.2. The Balaban J connectivity index is 1.33. The standard InChI is InChI=1S/C33H21F2N3O2S2/c34-21-10-14-24(26(35)17-21)25-18-27(19-5-2-1-3-6-19)38-33-29(25)30(36)31(42-33)32(40)37-22-11-8-20(9-12-22)28(39)15-13-23-7-4-16-41-23/h1-18H,36H2,(H,37,40)/b15-13+. The molecule has 0 unspecified atom stereocenters. The fraction of sp³-hybridized carbons (Fsp3) is 0. The number of benzene rings is 3. The van der Waals surface area contributed by atoms with E-state index in [0.717, 1.165) is 27.8 Å². The Labute approximate surface area is 247 Å². The number of pyridine rings is 1. The zero-order valence-corrected chi connectivity index (χ0v) is 23.4. The number of halogens is 2. The molecule has 0 aliphatic carbocycles. The molecule has 6 aromatic rings. The van der Waals surface area contributed by atoms with E-state index < -0.39 is 17.5 Å². The first-order valence-corrected chi connectivity index (χ1v) is 14.5. The summed E-state index contributed by atoms with van der Waals surface area (Å²) in [6.07, 6.45) is 3.27. The summed E-state index contributed by atoms with van der Waals surface area (Å²) < 4.78 is 28.7. The van der Waals surface area contributed by atoms with Crippen LogP contribution in [-0.4, -0.2) is 16.7 Å². The summed E-state index contributed by atoms with van der Waals surface area (Å²) in [7, 11) is 0. The normalized spacial score (nSPS) is 11.3. The molecule has 3 N–H and O–H groups in total. The van der Waals surface area contributed by atoms with Gasteiger partial charge in [0.15, 0.2) is 5.78 Å². The van der Waals surface area contributed by atoms with Gasteiger partial charge < -0.3 is 11.1 Å². The molecular formula is C33H21F2N3O2S2. The van der Waals surface area contributed by atoms with Crippen molar-refractivity contribution in [3.63, 3.8) is 0 Å². The quantitative estimate of drug-likeness (QED) is 0.143. The van der Waals surface area contributed by atoms with E-state index >= 15 is 0 Å². The Hall–Kier alpha value is -4.99. The van der Waals surface area contributed by atoms with Crippen molar-refractivity contribution in [2.75, 3.05) is 11.1 Å². The lowest BCUT2D eigenvalue weighted by molar-refractivity contribution is 0.102. The summed E-state index contributed by atoms with van der Waals surface area (Å²) in [5.41, 5.74) is 9.49. The minimum atomic E-state index is -0.752. The van der Waals surface area contributed by atoms with Crippen LogP contribution < -0.4 is 11.1 Å². The Kier molecular flexibility index (Phi) is 7.43. The molecule has 6 rings (SSSR count). The number of nitrogens with one attached hydrogen (secondary N) is 1. The highest BCUT2D eigenvalue weighted by Crippen LogP contribution is 2.42. The number of hydrogen-bond acceptors (Lipinski definition) is 6. The molecule has 206 valence electrons. The van der Waals surface area contributed by atoms with Gasteiger partial charge in [-0.15, -0.1) is 22.7 Å². The minimum Gasteiger partial charge on any atom is -0.397 e. The lowest BCUT2D eigenvalue weighted by Crippen LogP contribution is -2.12. The second-order valence-corrected chi connectivity index (χ2v) is 11.3. The molecule has 0 aliphatic rings. The van der Waals surface area contributed by atoms with Crippen LogP contribution in [0.5, 0.6) is 0 Å². The highest BCUT2D eigenvalue weighted by Gasteiger charge is 2.23. The highest BCUT2D eigenvalue weighted by molar-refractivity contribution is 7.21. The van der Waals surface area contributed by atoms with Crippen LogP contribution in [0, 0.1) is 11.6 Å². The molecule has 1 amide bonds. The van der Waals surface area contributed by atoms with Crippen molar-refractivity contribution in [3.8, 4) is 22.4 Å². The third-order valence-electron chi connectivity index (χ3n) is 6.57. The molecule has 0 saturated heterocycles. The Bertz CT molecular complexity index is 1970. The number of carbonyl (C=O) groups is 2. The van der Waals surface area contributed by atoms with Crippen molar-refractivity contribution in [1.29, 1.82) is 0 Å². The zero-order chi connectivity index (χ0) is 29.2. The van der Waals surface area contributed by atoms with E-state index in [0.29, 0.717) is 32.7 Å². The second-order valence-electron chi connectivity index (χ2n) is 9.31. The van der Waals surface area contributed by atoms with E-state index in [-0.39, 0.29) is 21.9 Å². The smallest absolute Gasteiger partial charge is 0.267 e. The van der Waals surface area contributed by atoms with Crippen LogP contribution in [0.25, 0.3) is 38.7 Å². The SMILES string of the molecule is Nc1c(C(=O)Nc2ccc(C(=O)/C=C/c3cccs3)cc2)sc2nc(-c3ccccc3)cc(-c3ccc(F)cc3F)c12. The molecule has 3 aromatic heterocycles. The summed E-state index contributed by atoms with van der Waals surface area (Å²) in [5, 5.41) is 5.16. The number of allylic oxidation sites excluding steroid dienone is 1. The van der Waals surface area contributed by atoms with Crippen LogP contribution in [0.15, 0.2) is 102 Å². The second kappa shape index (κ2) is 11.5. The molecule has 42 heavy (non-hydrogen) atoms. The Morgan fingerprint density at radius 1 is 0.881 bits per heavy atom. The van der Waals surface area contributed by atoms with Crippen molar-refractivity contribution >= 4 is 62.0 Å². The summed E-state index contributed by atoms with van der Waals surface area (Å²) >= 11 is 2.62. The number of amides is 1. The molecule has 9 heteroatoms. The largest absolute Gasteiger partial charge is 0.397 e. The predicted molar refractivity (Wildman–Crippen MR) is 167 cm³/mol. The molecule has 3 aromatic carbocycles. The number of aromatic nitrogens is 1. The minimum absolute atomic E-state index is 0.142. The van der Waals surface area contributed by atoms with E-state index in [1.165, 1.54) is 29.5 Å². The van der Waals surface area contributed by atoms with Crippen LogP contribution >= 0.6 is 22.7 Å². The van der Waals surface area contributed by atoms with Gasteiger partial charge in [0.25, 0.3) is 5.91 Å². The lowest BCUT2D eigenvalue weighted by atomic mass is 9.99. The number of hydrogen-bond donors (Lipinski definition) is 2. The monoisotopic (exact) mass is 593 g/mol. The molecule has 0 aliphatic heterocycles. The molecule has 0 bridgehead atoms. The van der Waals surface area contributed by atoms with Crippen LogP contribution in [0.4, 0.5) is 20.2 Å². The van der Waals surface area contributed by atoms with Crippen LogP contribution in [0.1, 0.15) is 24.9 Å². The summed E-state index contributed by atoms with van der Waals surface area (Å²) in [5.74, 6) is -2.08. The molecule has 0 spiro atoms. The van der Waals surface area contributed by atoms with Crippen molar-refractivity contribution in [1.82, 2.24) is 4.98 Å². The third-order valence-corrected chi connectivity index (χ3v) is 8.50. The van der Waals surface area contributed by atoms with Crippen molar-refractivity contribution in [2.24, 2.45) is 0 Å². The van der Waals surface area contributed by atoms with E-state index in [2.05, 4.69) is 5.32 Å². The number of nitrogens with two attached hydrogens (primary N) is 1. The Morgan fingerprint density at radius 2 is 1.67 bits per heavy atom. The number of rotatable bonds is 7. The van der Waals surface area contributed by atoms with E-state index in [1.807, 2.05) is 47.8 Å². The van der Waals surface area contributed by atoms with Crippen LogP contribution in [0.3, 0.4) is 0 Å². The lowest BCUT2D eigenvalue weighted by Gasteiger charge is -2.10. The highest BCUT2D eigenvalue weighted by atomic mass is 32.1. The van der Waals surface area contributed by atoms with Gasteiger partial charge >= 0.3 is 0 Å². The van der Waals surface area contributed by atoms with Crippen molar-refractivity contribution < 1.29 is 18.4 Å². The Morgan fingerprint density at radius 3 is 2.38 bits per heavy atom. The summed E-state index contributed by atoms with van der Waals surface area (Å²) in [6.45, 7) is 0. The van der Waals surface area contributed by atoms with Gasteiger partial charge in [0.1, 0.15) is 21.3 Å². The molecule has 0 fully saturated rings. The van der Waals surface area contributed by atoms with E-state index in [9.17, 15) is 18.4 Å². The van der Waals surface area contributed by atoms with Gasteiger partial charge in [-0.25, -0.2) is 13.8 Å². The first-order chi connectivity index (χ1) is 20.4. The van der Waals surface area contributed by atoms with Gasteiger partial charge in [-0.1, -0.05) is 36.4 Å². The van der Waals surface area contributed by atoms with Gasteiger partial charge in [-0.05, 0) is 71.6 Å². The number of thiophene rings is 2. The number of fused-ring (bicyclic) bond motifs is 1. The number of anilines is 2. The van der Waals surface area contributed by atoms with Gasteiger partial charge in [0, 0.05) is 38.7 Å². The van der Waals surface area contributed by atoms with Crippen LogP contribution in [0.2, 0.25) is 0 Å². The maximum absolute atomic E-state index is 15.0. The average molecular weight is 594 g/mol.